The summed E-state index contributed by atoms with van der Waals surface area (Å²) in [5, 5.41) is 0. The third kappa shape index (κ3) is 2.41. The molecule has 1 aromatic carbocycles. The highest BCUT2D eigenvalue weighted by Gasteiger charge is 2.39. The Balaban J connectivity index is 2.22. The molecule has 0 aromatic heterocycles. The van der Waals surface area contributed by atoms with Crippen LogP contribution in [0, 0.1) is 0 Å². The monoisotopic (exact) mass is 248 g/mol. The Bertz CT molecular complexity index is 402. The number of hydrogen-bond donors (Lipinski definition) is 0. The average Bonchev–Trinajstić information content (AvgIpc) is 2.47. The van der Waals surface area contributed by atoms with Gasteiger partial charge in [-0.15, -0.1) is 0 Å². The molecule has 1 fully saturated rings. The van der Waals surface area contributed by atoms with Crippen molar-refractivity contribution in [3.63, 3.8) is 0 Å². The first-order valence-corrected chi connectivity index (χ1v) is 6.46. The van der Waals surface area contributed by atoms with E-state index < -0.39 is 5.60 Å². The van der Waals surface area contributed by atoms with Crippen molar-refractivity contribution in [1.82, 2.24) is 0 Å². The lowest BCUT2D eigenvalue weighted by molar-refractivity contribution is -0.0194. The molecule has 1 aliphatic carbocycles. The molecular formula is C15H20O3. The van der Waals surface area contributed by atoms with Crippen LogP contribution in [0.1, 0.15) is 42.5 Å². The number of hydrogen-bond acceptors (Lipinski definition) is 3. The number of benzene rings is 1. The Labute approximate surface area is 108 Å². The minimum Gasteiger partial charge on any atom is -0.497 e. The van der Waals surface area contributed by atoms with Crippen LogP contribution in [0.3, 0.4) is 0 Å². The molecule has 0 N–H and O–H groups in total. The highest BCUT2D eigenvalue weighted by Crippen LogP contribution is 2.34. The maximum atomic E-state index is 12.6. The molecule has 18 heavy (non-hydrogen) atoms. The van der Waals surface area contributed by atoms with Gasteiger partial charge in [0.15, 0.2) is 5.78 Å². The summed E-state index contributed by atoms with van der Waals surface area (Å²) in [5.74, 6) is 0.869. The molecule has 0 heterocycles. The molecule has 1 aliphatic rings. The number of ketones is 1. The second-order valence-electron chi connectivity index (χ2n) is 4.82. The van der Waals surface area contributed by atoms with E-state index in [1.807, 2.05) is 24.3 Å². The Kier molecular flexibility index (Phi) is 4.02. The summed E-state index contributed by atoms with van der Waals surface area (Å²) in [5.41, 5.74) is 0.104. The summed E-state index contributed by atoms with van der Waals surface area (Å²) in [4.78, 5) is 12.6. The standard InChI is InChI=1S/C15H20O3/c1-17-13-8-6-12(7-9-13)14(16)15(18-2)10-4-3-5-11-15/h6-9H,3-5,10-11H2,1-2H3. The highest BCUT2D eigenvalue weighted by molar-refractivity contribution is 6.02. The third-order valence-electron chi connectivity index (χ3n) is 3.82. The molecule has 3 nitrogen and oxygen atoms in total. The van der Waals surface area contributed by atoms with Crippen molar-refractivity contribution in [2.75, 3.05) is 14.2 Å². The molecule has 0 aliphatic heterocycles. The number of methoxy groups -OCH3 is 2. The minimum absolute atomic E-state index is 0.104. The third-order valence-corrected chi connectivity index (χ3v) is 3.82. The van der Waals surface area contributed by atoms with Crippen LogP contribution < -0.4 is 4.74 Å². The average molecular weight is 248 g/mol. The maximum Gasteiger partial charge on any atom is 0.194 e. The van der Waals surface area contributed by atoms with Crippen LogP contribution in [-0.4, -0.2) is 25.6 Å². The van der Waals surface area contributed by atoms with Crippen molar-refractivity contribution in [3.8, 4) is 5.75 Å². The number of rotatable bonds is 4. The Morgan fingerprint density at radius 1 is 1.06 bits per heavy atom. The van der Waals surface area contributed by atoms with Crippen molar-refractivity contribution in [3.05, 3.63) is 29.8 Å². The van der Waals surface area contributed by atoms with Crippen LogP contribution in [-0.2, 0) is 4.74 Å². The first-order chi connectivity index (χ1) is 8.72. The molecule has 98 valence electrons. The van der Waals surface area contributed by atoms with E-state index >= 15 is 0 Å². The predicted molar refractivity (Wildman–Crippen MR) is 70.1 cm³/mol. The molecular weight excluding hydrogens is 228 g/mol. The quantitative estimate of drug-likeness (QED) is 0.767. The Morgan fingerprint density at radius 3 is 2.17 bits per heavy atom. The lowest BCUT2D eigenvalue weighted by Crippen LogP contribution is -2.42. The topological polar surface area (TPSA) is 35.5 Å². The van der Waals surface area contributed by atoms with Gasteiger partial charge in [0.25, 0.3) is 0 Å². The fourth-order valence-corrected chi connectivity index (χ4v) is 2.65. The van der Waals surface area contributed by atoms with Gasteiger partial charge >= 0.3 is 0 Å². The number of ether oxygens (including phenoxy) is 2. The summed E-state index contributed by atoms with van der Waals surface area (Å²) in [6.45, 7) is 0. The molecule has 0 bridgehead atoms. The molecule has 0 saturated heterocycles. The van der Waals surface area contributed by atoms with Gasteiger partial charge in [-0.2, -0.15) is 0 Å². The van der Waals surface area contributed by atoms with E-state index in [-0.39, 0.29) is 5.78 Å². The summed E-state index contributed by atoms with van der Waals surface area (Å²) in [6.07, 6.45) is 4.98. The highest BCUT2D eigenvalue weighted by atomic mass is 16.5. The normalized spacial score (nSPS) is 18.3. The maximum absolute atomic E-state index is 12.6. The van der Waals surface area contributed by atoms with Gasteiger partial charge in [-0.05, 0) is 37.1 Å². The van der Waals surface area contributed by atoms with Gasteiger partial charge in [0, 0.05) is 12.7 Å². The molecule has 0 amide bonds. The first-order valence-electron chi connectivity index (χ1n) is 6.46. The van der Waals surface area contributed by atoms with E-state index in [2.05, 4.69) is 0 Å². The Morgan fingerprint density at radius 2 is 1.67 bits per heavy atom. The van der Waals surface area contributed by atoms with E-state index in [1.54, 1.807) is 14.2 Å². The van der Waals surface area contributed by atoms with Crippen molar-refractivity contribution < 1.29 is 14.3 Å². The van der Waals surface area contributed by atoms with E-state index in [0.717, 1.165) is 31.4 Å². The molecule has 1 saturated carbocycles. The fraction of sp³-hybridized carbons (Fsp3) is 0.533. The van der Waals surface area contributed by atoms with Crippen LogP contribution in [0.2, 0.25) is 0 Å². The van der Waals surface area contributed by atoms with Crippen molar-refractivity contribution >= 4 is 5.78 Å². The molecule has 1 aromatic rings. The molecule has 0 atom stereocenters. The molecule has 2 rings (SSSR count). The van der Waals surface area contributed by atoms with E-state index in [1.165, 1.54) is 6.42 Å². The molecule has 0 radical (unpaired) electrons. The van der Waals surface area contributed by atoms with E-state index in [9.17, 15) is 4.79 Å². The van der Waals surface area contributed by atoms with Gasteiger partial charge in [0.1, 0.15) is 11.4 Å². The first kappa shape index (κ1) is 13.1. The van der Waals surface area contributed by atoms with Gasteiger partial charge in [0.2, 0.25) is 0 Å². The van der Waals surface area contributed by atoms with E-state index in [0.29, 0.717) is 5.56 Å². The van der Waals surface area contributed by atoms with Gasteiger partial charge < -0.3 is 9.47 Å². The summed E-state index contributed by atoms with van der Waals surface area (Å²) >= 11 is 0. The second-order valence-corrected chi connectivity index (χ2v) is 4.82. The van der Waals surface area contributed by atoms with Crippen LogP contribution in [0.4, 0.5) is 0 Å². The van der Waals surface area contributed by atoms with E-state index in [4.69, 9.17) is 9.47 Å². The lowest BCUT2D eigenvalue weighted by Gasteiger charge is -2.34. The minimum atomic E-state index is -0.604. The fourth-order valence-electron chi connectivity index (χ4n) is 2.65. The van der Waals surface area contributed by atoms with Gasteiger partial charge in [-0.3, -0.25) is 4.79 Å². The van der Waals surface area contributed by atoms with Gasteiger partial charge in [0.05, 0.1) is 7.11 Å². The van der Waals surface area contributed by atoms with Crippen molar-refractivity contribution in [2.24, 2.45) is 0 Å². The van der Waals surface area contributed by atoms with Crippen molar-refractivity contribution in [1.29, 1.82) is 0 Å². The summed E-state index contributed by atoms with van der Waals surface area (Å²) in [6, 6.07) is 7.27. The number of carbonyl (C=O) groups excluding carboxylic acids is 1. The van der Waals surface area contributed by atoms with Crippen LogP contribution in [0.5, 0.6) is 5.75 Å². The lowest BCUT2D eigenvalue weighted by atomic mass is 9.79. The number of Topliss-reactive ketones (excluding diaryl/α,β-unsaturated/α-hetero) is 1. The summed E-state index contributed by atoms with van der Waals surface area (Å²) < 4.78 is 10.7. The zero-order chi connectivity index (χ0) is 13.0. The smallest absolute Gasteiger partial charge is 0.194 e. The predicted octanol–water partition coefficient (Wildman–Crippen LogP) is 3.23. The number of carbonyl (C=O) groups is 1. The summed E-state index contributed by atoms with van der Waals surface area (Å²) in [7, 11) is 3.27. The van der Waals surface area contributed by atoms with Gasteiger partial charge in [-0.1, -0.05) is 19.3 Å². The largest absolute Gasteiger partial charge is 0.497 e. The van der Waals surface area contributed by atoms with Crippen LogP contribution in [0.15, 0.2) is 24.3 Å². The van der Waals surface area contributed by atoms with Crippen LogP contribution >= 0.6 is 0 Å². The molecule has 0 unspecified atom stereocenters. The molecule has 0 spiro atoms. The zero-order valence-electron chi connectivity index (χ0n) is 11.1. The Hall–Kier alpha value is -1.35. The van der Waals surface area contributed by atoms with Gasteiger partial charge in [-0.25, -0.2) is 0 Å². The van der Waals surface area contributed by atoms with Crippen molar-refractivity contribution in [2.45, 2.75) is 37.7 Å². The molecule has 3 heteroatoms. The second kappa shape index (κ2) is 5.53. The zero-order valence-corrected chi connectivity index (χ0v) is 11.1. The SMILES string of the molecule is COc1ccc(C(=O)C2(OC)CCCCC2)cc1. The van der Waals surface area contributed by atoms with Crippen LogP contribution in [0.25, 0.3) is 0 Å².